The lowest BCUT2D eigenvalue weighted by molar-refractivity contribution is -0.140. The van der Waals surface area contributed by atoms with Crippen LogP contribution in [0.1, 0.15) is 103 Å². The van der Waals surface area contributed by atoms with Gasteiger partial charge in [-0.3, -0.25) is 14.6 Å². The number of fused-ring (bicyclic) bond motifs is 8. The summed E-state index contributed by atoms with van der Waals surface area (Å²) < 4.78 is 4.94. The molecular formula is C36H40N4O5. The molecule has 8 bridgehead atoms. The van der Waals surface area contributed by atoms with Gasteiger partial charge in [0.1, 0.15) is 5.78 Å². The number of carbonyl (C=O) groups excluding carboxylic acids is 2. The van der Waals surface area contributed by atoms with Gasteiger partial charge in [-0.1, -0.05) is 26.5 Å². The topological polar surface area (TPSA) is 138 Å². The fourth-order valence-electron chi connectivity index (χ4n) is 6.72. The molecule has 2 atom stereocenters. The van der Waals surface area contributed by atoms with E-state index >= 15 is 0 Å². The van der Waals surface area contributed by atoms with E-state index < -0.39 is 5.97 Å². The minimum atomic E-state index is -1.12. The van der Waals surface area contributed by atoms with Gasteiger partial charge < -0.3 is 19.8 Å². The second-order valence-electron chi connectivity index (χ2n) is 12.0. The van der Waals surface area contributed by atoms with E-state index in [0.717, 1.165) is 56.4 Å². The van der Waals surface area contributed by atoms with Crippen molar-refractivity contribution in [3.8, 4) is 0 Å². The summed E-state index contributed by atoms with van der Waals surface area (Å²) in [6.45, 7) is 15.5. The van der Waals surface area contributed by atoms with Crippen LogP contribution in [0.3, 0.4) is 0 Å². The molecule has 0 spiro atoms. The first-order valence-electron chi connectivity index (χ1n) is 15.3. The molecule has 0 unspecified atom stereocenters. The molecule has 2 aliphatic heterocycles. The van der Waals surface area contributed by atoms with Crippen molar-refractivity contribution in [2.75, 3.05) is 7.11 Å². The maximum atomic E-state index is 12.8. The molecule has 0 radical (unpaired) electrons. The van der Waals surface area contributed by atoms with Crippen LogP contribution in [0.25, 0.3) is 39.3 Å². The average Bonchev–Trinajstić information content (AvgIpc) is 3.67. The molecule has 9 heteroatoms. The number of methoxy groups -OCH3 is 1. The zero-order chi connectivity index (χ0) is 32.7. The van der Waals surface area contributed by atoms with Crippen LogP contribution >= 0.6 is 0 Å². The largest absolute Gasteiger partial charge is 0.478 e. The minimum Gasteiger partial charge on any atom is -0.478 e. The number of carboxylic acid groups (broad SMARTS) is 1. The standard InChI is InChI=1S/C36H40N4O5/c1-9-22-18(4)26-14-28-20(6)24(11-12-32(42)45-8)34(39-28)25(13-17(3)41)35-33(36(43)44)21(7)29(40-35)16-31-23(10-2)19(5)27(38-31)15-30(22)37-26/h9,14-16,20,24,37-38H,1,10-13H2,2-8H3,(H,43,44)/t20-,24-/m0/s1. The molecule has 3 aromatic rings. The summed E-state index contributed by atoms with van der Waals surface area (Å²) in [6.07, 6.45) is 3.12. The number of aliphatic carboxylic acids is 1. The number of carboxylic acids is 1. The highest BCUT2D eigenvalue weighted by molar-refractivity contribution is 6.24. The van der Waals surface area contributed by atoms with Gasteiger partial charge in [-0.15, -0.1) is 0 Å². The Morgan fingerprint density at radius 2 is 1.69 bits per heavy atom. The fourth-order valence-corrected chi connectivity index (χ4v) is 6.72. The van der Waals surface area contributed by atoms with Crippen LogP contribution in [0.2, 0.25) is 0 Å². The minimum absolute atomic E-state index is 0.0447. The number of allylic oxidation sites excluding steroid dienone is 1. The van der Waals surface area contributed by atoms with E-state index in [4.69, 9.17) is 14.7 Å². The summed E-state index contributed by atoms with van der Waals surface area (Å²) in [5, 5.41) is 10.5. The molecule has 0 aliphatic carbocycles. The predicted octanol–water partition coefficient (Wildman–Crippen LogP) is 7.12. The van der Waals surface area contributed by atoms with Crippen LogP contribution in [0, 0.1) is 13.8 Å². The number of aromatic amines is 2. The molecule has 0 amide bonds. The summed E-state index contributed by atoms with van der Waals surface area (Å²) in [5.74, 6) is -2.03. The Kier molecular flexibility index (Phi) is 8.65. The first-order chi connectivity index (χ1) is 21.4. The van der Waals surface area contributed by atoms with Gasteiger partial charge in [-0.05, 0) is 81.0 Å². The fraction of sp³-hybridized carbons (Fsp3) is 0.361. The Labute approximate surface area is 262 Å². The third-order valence-electron chi connectivity index (χ3n) is 9.26. The Morgan fingerprint density at radius 1 is 1.00 bits per heavy atom. The summed E-state index contributed by atoms with van der Waals surface area (Å²) in [4.78, 5) is 54.9. The number of aromatic nitrogens is 4. The number of aryl methyl sites for hydroxylation is 3. The van der Waals surface area contributed by atoms with Gasteiger partial charge in [0.15, 0.2) is 0 Å². The van der Waals surface area contributed by atoms with Gasteiger partial charge in [0.25, 0.3) is 0 Å². The van der Waals surface area contributed by atoms with Gasteiger partial charge >= 0.3 is 11.9 Å². The molecule has 9 nitrogen and oxygen atoms in total. The molecule has 0 saturated heterocycles. The number of H-pyrrole nitrogens is 2. The molecule has 5 rings (SSSR count). The number of hydrogen-bond donors (Lipinski definition) is 3. The smallest absolute Gasteiger partial charge is 0.338 e. The van der Waals surface area contributed by atoms with Gasteiger partial charge in [-0.2, -0.15) is 0 Å². The van der Waals surface area contributed by atoms with Crippen molar-refractivity contribution >= 4 is 57.0 Å². The highest BCUT2D eigenvalue weighted by atomic mass is 16.5. The summed E-state index contributed by atoms with van der Waals surface area (Å²) in [5.41, 5.74) is 10.9. The third-order valence-corrected chi connectivity index (χ3v) is 9.26. The van der Waals surface area contributed by atoms with Crippen LogP contribution in [0.15, 0.2) is 24.8 Å². The molecular weight excluding hydrogens is 568 g/mol. The van der Waals surface area contributed by atoms with Gasteiger partial charge in [0, 0.05) is 63.6 Å². The van der Waals surface area contributed by atoms with Gasteiger partial charge in [0.2, 0.25) is 0 Å². The van der Waals surface area contributed by atoms with E-state index in [2.05, 4.69) is 36.5 Å². The molecule has 0 saturated carbocycles. The second-order valence-corrected chi connectivity index (χ2v) is 12.0. The number of nitrogens with zero attached hydrogens (tertiary/aromatic N) is 2. The predicted molar refractivity (Wildman–Crippen MR) is 177 cm³/mol. The molecule has 3 aromatic heterocycles. The maximum absolute atomic E-state index is 12.8. The third kappa shape index (κ3) is 5.63. The quantitative estimate of drug-likeness (QED) is 0.231. The van der Waals surface area contributed by atoms with Crippen molar-refractivity contribution < 1.29 is 24.2 Å². The summed E-state index contributed by atoms with van der Waals surface area (Å²) >= 11 is 0. The molecule has 0 fully saturated rings. The molecule has 0 aromatic carbocycles. The molecule has 45 heavy (non-hydrogen) atoms. The second kappa shape index (κ2) is 12.3. The van der Waals surface area contributed by atoms with Crippen LogP contribution in [0.5, 0.6) is 0 Å². The summed E-state index contributed by atoms with van der Waals surface area (Å²) in [6, 6.07) is 5.98. The SMILES string of the molecule is C=Cc1c(C)c2cc3nc(c(CC(C)=O)c4nc(cc5[nH]c(cc1[nH]2)c(C)c5CC)C(C)=C4C(=O)O)[C@@H](CCC(=O)OC)[C@@H]3C. The number of esters is 1. The van der Waals surface area contributed by atoms with Crippen molar-refractivity contribution in [3.05, 3.63) is 75.4 Å². The number of carbonyl (C=O) groups is 3. The van der Waals surface area contributed by atoms with Gasteiger partial charge in [0.05, 0.1) is 29.8 Å². The Bertz CT molecular complexity index is 1960. The number of nitrogens with one attached hydrogen (secondary N) is 2. The van der Waals surface area contributed by atoms with E-state index in [1.165, 1.54) is 14.0 Å². The van der Waals surface area contributed by atoms with Crippen molar-refractivity contribution in [1.29, 1.82) is 0 Å². The highest BCUT2D eigenvalue weighted by Crippen LogP contribution is 2.43. The van der Waals surface area contributed by atoms with Crippen LogP contribution in [-0.2, 0) is 32.0 Å². The van der Waals surface area contributed by atoms with Crippen molar-refractivity contribution in [2.24, 2.45) is 0 Å². The van der Waals surface area contributed by atoms with Crippen LogP contribution < -0.4 is 0 Å². The van der Waals surface area contributed by atoms with Crippen LogP contribution in [0.4, 0.5) is 0 Å². The molecule has 234 valence electrons. The lowest BCUT2D eigenvalue weighted by atomic mass is 9.84. The Hall–Kier alpha value is -4.79. The number of Topliss-reactive ketones (excluding diaryl/α,β-unsaturated/α-hetero) is 1. The van der Waals surface area contributed by atoms with Crippen LogP contribution in [-0.4, -0.2) is 49.9 Å². The monoisotopic (exact) mass is 608 g/mol. The van der Waals surface area contributed by atoms with Crippen molar-refractivity contribution in [2.45, 2.75) is 79.1 Å². The number of hydrogen-bond acceptors (Lipinski definition) is 6. The number of ether oxygens (including phenoxy) is 1. The average molecular weight is 609 g/mol. The highest BCUT2D eigenvalue weighted by Gasteiger charge is 2.35. The Balaban J connectivity index is 2.01. The zero-order valence-electron chi connectivity index (χ0n) is 27.0. The zero-order valence-corrected chi connectivity index (χ0v) is 27.0. The van der Waals surface area contributed by atoms with E-state index in [9.17, 15) is 19.5 Å². The normalized spacial score (nSPS) is 16.2. The van der Waals surface area contributed by atoms with E-state index in [1.54, 1.807) is 6.92 Å². The van der Waals surface area contributed by atoms with E-state index in [-0.39, 0.29) is 47.7 Å². The number of ketones is 1. The van der Waals surface area contributed by atoms with E-state index in [1.807, 2.05) is 32.1 Å². The first-order valence-corrected chi connectivity index (χ1v) is 15.3. The van der Waals surface area contributed by atoms with Gasteiger partial charge in [-0.25, -0.2) is 9.78 Å². The molecule has 2 aliphatic rings. The molecule has 5 heterocycles. The van der Waals surface area contributed by atoms with Crippen molar-refractivity contribution in [3.63, 3.8) is 0 Å². The lowest BCUT2D eigenvalue weighted by Crippen LogP contribution is -2.12. The summed E-state index contributed by atoms with van der Waals surface area (Å²) in [7, 11) is 1.35. The maximum Gasteiger partial charge on any atom is 0.338 e. The number of rotatable bonds is 8. The first kappa shape index (κ1) is 31.6. The lowest BCUT2D eigenvalue weighted by Gasteiger charge is -2.18. The van der Waals surface area contributed by atoms with E-state index in [0.29, 0.717) is 28.9 Å². The van der Waals surface area contributed by atoms with Crippen molar-refractivity contribution in [1.82, 2.24) is 19.9 Å². The molecule has 3 N–H and O–H groups in total. The Morgan fingerprint density at radius 3 is 2.31 bits per heavy atom.